The number of fused-ring (bicyclic) bond motifs is 1. The molecule has 1 aromatic rings. The highest BCUT2D eigenvalue weighted by Crippen LogP contribution is 2.46. The van der Waals surface area contributed by atoms with Crippen molar-refractivity contribution in [3.05, 3.63) is 16.0 Å². The monoisotopic (exact) mass is 288 g/mol. The maximum absolute atomic E-state index is 11.5. The minimum absolute atomic E-state index is 0.513. The van der Waals surface area contributed by atoms with Crippen LogP contribution in [0, 0.1) is 17.2 Å². The van der Waals surface area contributed by atoms with Gasteiger partial charge in [-0.25, -0.2) is 4.99 Å². The van der Waals surface area contributed by atoms with Crippen LogP contribution in [0.5, 0.6) is 0 Å². The molecule has 0 N–H and O–H groups in total. The number of hydrogen-bond acceptors (Lipinski definition) is 4. The molecule has 0 aromatic carbocycles. The third kappa shape index (κ3) is 2.69. The molecule has 4 heteroatoms. The fourth-order valence-corrected chi connectivity index (χ4v) is 3.94. The maximum atomic E-state index is 11.5. The first-order valence-electron chi connectivity index (χ1n) is 7.07. The number of carbonyl (C=O) groups excluding carboxylic acids is 1. The van der Waals surface area contributed by atoms with Gasteiger partial charge in [0.15, 0.2) is 0 Å². The third-order valence-electron chi connectivity index (χ3n) is 3.79. The summed E-state index contributed by atoms with van der Waals surface area (Å²) in [6, 6.07) is 2.27. The van der Waals surface area contributed by atoms with Crippen LogP contribution in [0.15, 0.2) is 4.99 Å². The number of nitriles is 1. The van der Waals surface area contributed by atoms with Gasteiger partial charge in [0, 0.05) is 11.1 Å². The summed E-state index contributed by atoms with van der Waals surface area (Å²) in [4.78, 5) is 17.1. The molecule has 0 aliphatic heterocycles. The number of carbonyl (C=O) groups is 1. The van der Waals surface area contributed by atoms with Gasteiger partial charge in [-0.2, -0.15) is 5.26 Å². The van der Waals surface area contributed by atoms with E-state index in [0.717, 1.165) is 42.5 Å². The number of nitrogens with zero attached hydrogens (tertiary/aromatic N) is 2. The minimum Gasteiger partial charge on any atom is -0.302 e. The normalized spacial score (nSPS) is 21.9. The second-order valence-electron chi connectivity index (χ2n) is 6.02. The molecule has 3 nitrogen and oxygen atoms in total. The van der Waals surface area contributed by atoms with Crippen molar-refractivity contribution in [2.45, 2.75) is 51.9 Å². The molecule has 1 aliphatic carbocycles. The Labute approximate surface area is 124 Å². The zero-order valence-electron chi connectivity index (χ0n) is 12.3. The lowest BCUT2D eigenvalue weighted by molar-refractivity contribution is -0.112. The molecule has 0 saturated carbocycles. The number of aldehydes is 1. The van der Waals surface area contributed by atoms with Crippen LogP contribution in [-0.4, -0.2) is 12.5 Å². The van der Waals surface area contributed by atoms with Gasteiger partial charge >= 0.3 is 0 Å². The van der Waals surface area contributed by atoms with Gasteiger partial charge in [-0.05, 0) is 44.1 Å². The topological polar surface area (TPSA) is 53.2 Å². The average Bonchev–Trinajstić information content (AvgIpc) is 2.77. The van der Waals surface area contributed by atoms with Gasteiger partial charge in [-0.15, -0.1) is 11.3 Å². The molecular formula is C16H20N2OS. The maximum Gasteiger partial charge on any atom is 0.134 e. The van der Waals surface area contributed by atoms with Crippen LogP contribution in [-0.2, 0) is 16.6 Å². The number of aliphatic imine (C=N–C) groups is 1. The first-order valence-corrected chi connectivity index (χ1v) is 7.88. The molecule has 0 amide bonds. The van der Waals surface area contributed by atoms with E-state index in [2.05, 4.69) is 24.9 Å². The van der Waals surface area contributed by atoms with Gasteiger partial charge in [-0.1, -0.05) is 13.8 Å². The molecule has 106 valence electrons. The van der Waals surface area contributed by atoms with Crippen molar-refractivity contribution in [2.75, 3.05) is 0 Å². The fraction of sp³-hybridized carbons (Fsp3) is 0.562. The Balaban J connectivity index is 2.45. The second-order valence-corrected chi connectivity index (χ2v) is 7.11. The Morgan fingerprint density at radius 1 is 1.55 bits per heavy atom. The van der Waals surface area contributed by atoms with E-state index in [4.69, 9.17) is 0 Å². The molecule has 2 rings (SSSR count). The Morgan fingerprint density at radius 2 is 2.30 bits per heavy atom. The van der Waals surface area contributed by atoms with Crippen molar-refractivity contribution < 1.29 is 4.79 Å². The lowest BCUT2D eigenvalue weighted by atomic mass is 9.74. The van der Waals surface area contributed by atoms with Crippen LogP contribution < -0.4 is 0 Å². The lowest BCUT2D eigenvalue weighted by Gasteiger charge is -2.28. The summed E-state index contributed by atoms with van der Waals surface area (Å²) in [6.07, 6.45) is 6.57. The highest BCUT2D eigenvalue weighted by Gasteiger charge is 2.37. The van der Waals surface area contributed by atoms with Crippen LogP contribution in [0.4, 0.5) is 5.00 Å². The molecule has 0 spiro atoms. The Hall–Kier alpha value is -1.47. The molecular weight excluding hydrogens is 268 g/mol. The number of rotatable bonds is 4. The van der Waals surface area contributed by atoms with Gasteiger partial charge in [0.05, 0.1) is 11.0 Å². The van der Waals surface area contributed by atoms with Crippen LogP contribution in [0.25, 0.3) is 0 Å². The van der Waals surface area contributed by atoms with E-state index in [1.807, 2.05) is 13.1 Å². The van der Waals surface area contributed by atoms with Crippen molar-refractivity contribution >= 4 is 28.8 Å². The predicted octanol–water partition coefficient (Wildman–Crippen LogP) is 4.16. The zero-order chi connectivity index (χ0) is 14.8. The standard InChI is InChI=1S/C16H20N2OS/c1-11(2)6-8-18-15-12(9-17)14-13(20-15)5-4-7-16(14,3)10-19/h8,10-11H,4-7H2,1-3H3/b18-8+/t16-/m1/s1. The highest BCUT2D eigenvalue weighted by molar-refractivity contribution is 7.16. The van der Waals surface area contributed by atoms with Crippen molar-refractivity contribution in [2.24, 2.45) is 10.9 Å². The third-order valence-corrected chi connectivity index (χ3v) is 4.95. The largest absolute Gasteiger partial charge is 0.302 e. The summed E-state index contributed by atoms with van der Waals surface area (Å²) in [7, 11) is 0. The highest BCUT2D eigenvalue weighted by atomic mass is 32.1. The molecule has 1 atom stereocenters. The molecule has 1 aromatic heterocycles. The predicted molar refractivity (Wildman–Crippen MR) is 83.0 cm³/mol. The number of aryl methyl sites for hydroxylation is 1. The number of hydrogen-bond donors (Lipinski definition) is 0. The Morgan fingerprint density at radius 3 is 2.90 bits per heavy atom. The Kier molecular flexibility index (Phi) is 4.39. The summed E-state index contributed by atoms with van der Waals surface area (Å²) >= 11 is 1.58. The minimum atomic E-state index is -0.513. The van der Waals surface area contributed by atoms with E-state index < -0.39 is 5.41 Å². The molecule has 20 heavy (non-hydrogen) atoms. The van der Waals surface area contributed by atoms with E-state index in [1.54, 1.807) is 11.3 Å². The molecule has 1 heterocycles. The molecule has 1 aliphatic rings. The first-order chi connectivity index (χ1) is 9.51. The van der Waals surface area contributed by atoms with Crippen LogP contribution in [0.2, 0.25) is 0 Å². The summed E-state index contributed by atoms with van der Waals surface area (Å²) in [5.74, 6) is 0.555. The summed E-state index contributed by atoms with van der Waals surface area (Å²) in [5, 5.41) is 10.2. The van der Waals surface area contributed by atoms with Gasteiger partial charge in [-0.3, -0.25) is 0 Å². The summed E-state index contributed by atoms with van der Waals surface area (Å²) < 4.78 is 0. The molecule has 0 bridgehead atoms. The average molecular weight is 288 g/mol. The van der Waals surface area contributed by atoms with Crippen LogP contribution in [0.3, 0.4) is 0 Å². The van der Waals surface area contributed by atoms with Crippen molar-refractivity contribution in [3.8, 4) is 6.07 Å². The van der Waals surface area contributed by atoms with Gasteiger partial charge in [0.25, 0.3) is 0 Å². The Bertz CT molecular complexity index is 580. The van der Waals surface area contributed by atoms with E-state index in [0.29, 0.717) is 11.5 Å². The van der Waals surface area contributed by atoms with E-state index in [9.17, 15) is 10.1 Å². The van der Waals surface area contributed by atoms with E-state index >= 15 is 0 Å². The van der Waals surface area contributed by atoms with Crippen molar-refractivity contribution in [1.82, 2.24) is 0 Å². The molecule has 0 unspecified atom stereocenters. The van der Waals surface area contributed by atoms with Gasteiger partial charge in [0.2, 0.25) is 0 Å². The first kappa shape index (κ1) is 14.9. The molecule has 0 saturated heterocycles. The van der Waals surface area contributed by atoms with E-state index in [1.165, 1.54) is 4.88 Å². The quantitative estimate of drug-likeness (QED) is 0.617. The molecule has 0 fully saturated rings. The van der Waals surface area contributed by atoms with Crippen molar-refractivity contribution in [3.63, 3.8) is 0 Å². The second kappa shape index (κ2) is 5.88. The SMILES string of the molecule is CC(C)C/C=N/c1sc2c(c1C#N)[C@@](C)(C=O)CCC2. The zero-order valence-corrected chi connectivity index (χ0v) is 13.1. The molecule has 0 radical (unpaired) electrons. The van der Waals surface area contributed by atoms with Crippen LogP contribution >= 0.6 is 11.3 Å². The summed E-state index contributed by atoms with van der Waals surface area (Å²) in [5.41, 5.74) is 1.03. The lowest BCUT2D eigenvalue weighted by Crippen LogP contribution is -2.28. The van der Waals surface area contributed by atoms with Gasteiger partial charge in [0.1, 0.15) is 17.4 Å². The van der Waals surface area contributed by atoms with Crippen molar-refractivity contribution in [1.29, 1.82) is 5.26 Å². The fourth-order valence-electron chi connectivity index (χ4n) is 2.65. The van der Waals surface area contributed by atoms with Gasteiger partial charge < -0.3 is 4.79 Å². The van der Waals surface area contributed by atoms with E-state index in [-0.39, 0.29) is 0 Å². The van der Waals surface area contributed by atoms with Crippen LogP contribution in [0.1, 0.15) is 56.0 Å². The smallest absolute Gasteiger partial charge is 0.134 e. The summed E-state index contributed by atoms with van der Waals surface area (Å²) in [6.45, 7) is 6.22. The number of thiophene rings is 1.